The standard InChI is InChI=1S/C23H23N3O5S/c1-3-12-26-21(29)19(32-23(26)25-17-6-5-7-18(27)13-17)14-20(28)24-16-10-8-15(9-11-16)22(30)31-4-2/h3,5-11,13,19,27H,1,4,12,14H2,2H3,(H,24,28)/t19-/m0/s1. The van der Waals surface area contributed by atoms with Gasteiger partial charge in [0.05, 0.1) is 17.9 Å². The Bertz CT molecular complexity index is 1050. The highest BCUT2D eigenvalue weighted by Crippen LogP contribution is 2.32. The highest BCUT2D eigenvalue weighted by atomic mass is 32.2. The Labute approximate surface area is 190 Å². The van der Waals surface area contributed by atoms with Gasteiger partial charge in [0, 0.05) is 24.7 Å². The van der Waals surface area contributed by atoms with E-state index in [2.05, 4.69) is 16.9 Å². The summed E-state index contributed by atoms with van der Waals surface area (Å²) in [5.74, 6) is -0.931. The molecular weight excluding hydrogens is 430 g/mol. The van der Waals surface area contributed by atoms with Gasteiger partial charge in [-0.25, -0.2) is 9.79 Å². The molecule has 2 aromatic rings. The molecule has 1 saturated heterocycles. The number of aliphatic imine (C=N–C) groups is 1. The lowest BCUT2D eigenvalue weighted by Crippen LogP contribution is -2.33. The number of amidine groups is 1. The Morgan fingerprint density at radius 2 is 2.03 bits per heavy atom. The van der Waals surface area contributed by atoms with Gasteiger partial charge in [0.25, 0.3) is 0 Å². The summed E-state index contributed by atoms with van der Waals surface area (Å²) < 4.78 is 4.94. The molecule has 166 valence electrons. The smallest absolute Gasteiger partial charge is 0.338 e. The van der Waals surface area contributed by atoms with Crippen LogP contribution in [0.4, 0.5) is 11.4 Å². The molecule has 0 spiro atoms. The zero-order valence-electron chi connectivity index (χ0n) is 17.5. The van der Waals surface area contributed by atoms with Crippen LogP contribution in [-0.2, 0) is 14.3 Å². The maximum atomic E-state index is 12.8. The predicted octanol–water partition coefficient (Wildman–Crippen LogP) is 3.72. The number of ether oxygens (including phenoxy) is 1. The number of benzene rings is 2. The van der Waals surface area contributed by atoms with Gasteiger partial charge >= 0.3 is 5.97 Å². The van der Waals surface area contributed by atoms with E-state index >= 15 is 0 Å². The maximum absolute atomic E-state index is 12.8. The van der Waals surface area contributed by atoms with Gasteiger partial charge in [0.1, 0.15) is 11.0 Å². The number of carbonyl (C=O) groups is 3. The fraction of sp³-hybridized carbons (Fsp3) is 0.217. The Morgan fingerprint density at radius 1 is 1.28 bits per heavy atom. The van der Waals surface area contributed by atoms with Crippen LogP contribution in [0.2, 0.25) is 0 Å². The van der Waals surface area contributed by atoms with Gasteiger partial charge in [0.2, 0.25) is 11.8 Å². The quantitative estimate of drug-likeness (QED) is 0.466. The predicted molar refractivity (Wildman–Crippen MR) is 124 cm³/mol. The van der Waals surface area contributed by atoms with E-state index in [1.807, 2.05) is 0 Å². The van der Waals surface area contributed by atoms with Gasteiger partial charge in [-0.05, 0) is 43.3 Å². The summed E-state index contributed by atoms with van der Waals surface area (Å²) in [6, 6.07) is 12.7. The Balaban J connectivity index is 1.67. The summed E-state index contributed by atoms with van der Waals surface area (Å²) in [5.41, 5.74) is 1.40. The van der Waals surface area contributed by atoms with Crippen molar-refractivity contribution in [3.05, 3.63) is 66.7 Å². The molecule has 1 heterocycles. The lowest BCUT2D eigenvalue weighted by atomic mass is 10.2. The average molecular weight is 454 g/mol. The summed E-state index contributed by atoms with van der Waals surface area (Å²) in [6.07, 6.45) is 1.54. The third kappa shape index (κ3) is 5.76. The fourth-order valence-corrected chi connectivity index (χ4v) is 4.15. The van der Waals surface area contributed by atoms with Gasteiger partial charge < -0.3 is 15.2 Å². The second-order valence-corrected chi connectivity index (χ2v) is 7.98. The lowest BCUT2D eigenvalue weighted by Gasteiger charge is -2.13. The molecule has 1 fully saturated rings. The number of nitrogens with zero attached hydrogens (tertiary/aromatic N) is 2. The monoisotopic (exact) mass is 453 g/mol. The second kappa shape index (κ2) is 10.6. The van der Waals surface area contributed by atoms with Crippen LogP contribution in [0, 0.1) is 0 Å². The molecule has 8 nitrogen and oxygen atoms in total. The summed E-state index contributed by atoms with van der Waals surface area (Å²) >= 11 is 1.19. The molecule has 32 heavy (non-hydrogen) atoms. The summed E-state index contributed by atoms with van der Waals surface area (Å²) in [6.45, 7) is 5.95. The summed E-state index contributed by atoms with van der Waals surface area (Å²) in [7, 11) is 0. The number of thioether (sulfide) groups is 1. The molecule has 0 radical (unpaired) electrons. The highest BCUT2D eigenvalue weighted by Gasteiger charge is 2.38. The SMILES string of the molecule is C=CCN1C(=O)[C@H](CC(=O)Nc2ccc(C(=O)OCC)cc2)SC1=Nc1cccc(O)c1. The van der Waals surface area contributed by atoms with Crippen molar-refractivity contribution in [3.63, 3.8) is 0 Å². The molecule has 2 aromatic carbocycles. The van der Waals surface area contributed by atoms with Gasteiger partial charge in [-0.3, -0.25) is 14.5 Å². The van der Waals surface area contributed by atoms with E-state index in [9.17, 15) is 19.5 Å². The molecule has 0 unspecified atom stereocenters. The maximum Gasteiger partial charge on any atom is 0.338 e. The number of nitrogens with one attached hydrogen (secondary N) is 1. The molecule has 2 N–H and O–H groups in total. The Kier molecular flexibility index (Phi) is 7.67. The van der Waals surface area contributed by atoms with Crippen molar-refractivity contribution in [3.8, 4) is 5.75 Å². The average Bonchev–Trinajstić information content (AvgIpc) is 3.03. The first kappa shape index (κ1) is 23.1. The first-order valence-electron chi connectivity index (χ1n) is 9.95. The number of hydrogen-bond donors (Lipinski definition) is 2. The molecular formula is C23H23N3O5S. The zero-order valence-corrected chi connectivity index (χ0v) is 18.3. The number of phenolic OH excluding ortho intramolecular Hbond substituents is 1. The van der Waals surface area contributed by atoms with Gasteiger partial charge in [-0.15, -0.1) is 6.58 Å². The molecule has 1 atom stereocenters. The third-order valence-electron chi connectivity index (χ3n) is 4.44. The molecule has 0 saturated carbocycles. The summed E-state index contributed by atoms with van der Waals surface area (Å²) in [4.78, 5) is 43.0. The van der Waals surface area contributed by atoms with Crippen molar-refractivity contribution in [1.29, 1.82) is 0 Å². The van der Waals surface area contributed by atoms with Crippen LogP contribution in [0.25, 0.3) is 0 Å². The number of phenols is 1. The van der Waals surface area contributed by atoms with Gasteiger partial charge in [-0.1, -0.05) is 23.9 Å². The van der Waals surface area contributed by atoms with Crippen molar-refractivity contribution >= 4 is 46.1 Å². The van der Waals surface area contributed by atoms with Crippen LogP contribution in [-0.4, -0.2) is 51.4 Å². The van der Waals surface area contributed by atoms with Crippen LogP contribution in [0.15, 0.2) is 66.2 Å². The summed E-state index contributed by atoms with van der Waals surface area (Å²) in [5, 5.41) is 12.2. The topological polar surface area (TPSA) is 108 Å². The van der Waals surface area contributed by atoms with E-state index < -0.39 is 11.2 Å². The first-order valence-corrected chi connectivity index (χ1v) is 10.8. The van der Waals surface area contributed by atoms with Crippen molar-refractivity contribution in [2.24, 2.45) is 4.99 Å². The van der Waals surface area contributed by atoms with Crippen molar-refractivity contribution in [2.45, 2.75) is 18.6 Å². The van der Waals surface area contributed by atoms with Crippen LogP contribution in [0.3, 0.4) is 0 Å². The highest BCUT2D eigenvalue weighted by molar-refractivity contribution is 8.15. The first-order chi connectivity index (χ1) is 15.4. The van der Waals surface area contributed by atoms with Crippen molar-refractivity contribution in [1.82, 2.24) is 4.90 Å². The van der Waals surface area contributed by atoms with E-state index in [4.69, 9.17) is 4.74 Å². The number of aromatic hydroxyl groups is 1. The van der Waals surface area contributed by atoms with Crippen LogP contribution >= 0.6 is 11.8 Å². The number of carbonyl (C=O) groups excluding carboxylic acids is 3. The Hall–Kier alpha value is -3.59. The van der Waals surface area contributed by atoms with Crippen molar-refractivity contribution < 1.29 is 24.2 Å². The molecule has 1 aliphatic rings. The molecule has 2 amide bonds. The minimum absolute atomic E-state index is 0.0458. The van der Waals surface area contributed by atoms with Crippen LogP contribution in [0.5, 0.6) is 5.75 Å². The second-order valence-electron chi connectivity index (χ2n) is 6.81. The number of rotatable bonds is 8. The molecule has 3 rings (SSSR count). The molecule has 0 bridgehead atoms. The fourth-order valence-electron chi connectivity index (χ4n) is 2.98. The number of amides is 2. The molecule has 1 aliphatic heterocycles. The zero-order chi connectivity index (χ0) is 23.1. The molecule has 9 heteroatoms. The minimum Gasteiger partial charge on any atom is -0.508 e. The van der Waals surface area contributed by atoms with E-state index in [0.29, 0.717) is 22.1 Å². The van der Waals surface area contributed by atoms with E-state index in [1.54, 1.807) is 49.4 Å². The van der Waals surface area contributed by atoms with E-state index in [1.165, 1.54) is 28.8 Å². The third-order valence-corrected chi connectivity index (χ3v) is 5.61. The number of hydrogen-bond acceptors (Lipinski definition) is 7. The van der Waals surface area contributed by atoms with Crippen molar-refractivity contribution in [2.75, 3.05) is 18.5 Å². The van der Waals surface area contributed by atoms with Gasteiger partial charge in [-0.2, -0.15) is 0 Å². The minimum atomic E-state index is -0.634. The lowest BCUT2D eigenvalue weighted by molar-refractivity contribution is -0.127. The molecule has 0 aliphatic carbocycles. The Morgan fingerprint density at radius 3 is 2.69 bits per heavy atom. The normalized spacial score (nSPS) is 16.8. The van der Waals surface area contributed by atoms with E-state index in [0.717, 1.165) is 0 Å². The van der Waals surface area contributed by atoms with Gasteiger partial charge in [0.15, 0.2) is 5.17 Å². The number of esters is 1. The van der Waals surface area contributed by atoms with Crippen LogP contribution < -0.4 is 5.32 Å². The number of anilines is 1. The van der Waals surface area contributed by atoms with E-state index in [-0.39, 0.29) is 37.1 Å². The van der Waals surface area contributed by atoms with Crippen LogP contribution in [0.1, 0.15) is 23.7 Å². The molecule has 0 aromatic heterocycles. The largest absolute Gasteiger partial charge is 0.508 e.